The summed E-state index contributed by atoms with van der Waals surface area (Å²) in [5.74, 6) is -13.9. The molecular weight excluding hydrogens is 247 g/mol. The second kappa shape index (κ2) is 3.32. The molecule has 0 atom stereocenters. The lowest BCUT2D eigenvalue weighted by atomic mass is 10.1. The summed E-state index contributed by atoms with van der Waals surface area (Å²) in [6, 6.07) is 0. The van der Waals surface area contributed by atoms with Crippen molar-refractivity contribution in [2.45, 2.75) is 24.9 Å². The van der Waals surface area contributed by atoms with E-state index in [1.54, 1.807) is 5.10 Å². The van der Waals surface area contributed by atoms with Crippen molar-refractivity contribution in [3.8, 4) is 0 Å². The van der Waals surface area contributed by atoms with E-state index < -0.39 is 23.8 Å². The van der Waals surface area contributed by atoms with Crippen LogP contribution in [0.4, 0.5) is 30.7 Å². The summed E-state index contributed by atoms with van der Waals surface area (Å²) < 4.78 is 85.7. The number of halogens is 7. The number of aryl methyl sites for hydroxylation is 1. The molecule has 94 valence electrons. The fraction of sp³-hybridized carbons (Fsp3) is 0.667. The van der Waals surface area contributed by atoms with Crippen LogP contribution in [-0.4, -0.2) is 27.3 Å². The van der Waals surface area contributed by atoms with E-state index in [0.29, 0.717) is 0 Å². The number of aromatic nitrogens is 3. The smallest absolute Gasteiger partial charge is 0.263 e. The fourth-order valence-corrected chi connectivity index (χ4v) is 0.802. The molecule has 0 saturated heterocycles. The van der Waals surface area contributed by atoms with Gasteiger partial charge in [-0.3, -0.25) is 5.10 Å². The van der Waals surface area contributed by atoms with Crippen LogP contribution >= 0.6 is 0 Å². The third-order valence-electron chi connectivity index (χ3n) is 1.63. The lowest BCUT2D eigenvalue weighted by Gasteiger charge is -2.25. The van der Waals surface area contributed by atoms with Crippen molar-refractivity contribution in [2.75, 3.05) is 0 Å². The SMILES string of the molecule is Cc1nc(C(F)(F)C(F)(F)C(F)(F)F)n[nH]1.[HH]. The van der Waals surface area contributed by atoms with Gasteiger partial charge in [0.15, 0.2) is 0 Å². The zero-order chi connectivity index (χ0) is 12.8. The average molecular weight is 253 g/mol. The molecule has 0 fully saturated rings. The van der Waals surface area contributed by atoms with Crippen molar-refractivity contribution in [2.24, 2.45) is 0 Å². The third kappa shape index (κ3) is 1.71. The van der Waals surface area contributed by atoms with Crippen LogP contribution in [-0.2, 0) is 5.92 Å². The summed E-state index contributed by atoms with van der Waals surface area (Å²) in [5, 5.41) is 4.36. The fourth-order valence-electron chi connectivity index (χ4n) is 0.802. The Morgan fingerprint density at radius 3 is 1.88 bits per heavy atom. The largest absolute Gasteiger partial charge is 0.460 e. The average Bonchev–Trinajstić information content (AvgIpc) is 2.49. The molecule has 0 aromatic carbocycles. The van der Waals surface area contributed by atoms with E-state index in [0.717, 1.165) is 6.92 Å². The number of rotatable bonds is 2. The van der Waals surface area contributed by atoms with E-state index >= 15 is 0 Å². The number of nitrogens with one attached hydrogen (secondary N) is 1. The van der Waals surface area contributed by atoms with Gasteiger partial charge in [0.05, 0.1) is 0 Å². The molecule has 0 aliphatic heterocycles. The molecule has 0 aliphatic rings. The molecule has 0 saturated carbocycles. The van der Waals surface area contributed by atoms with Crippen LogP contribution < -0.4 is 0 Å². The molecule has 1 aromatic heterocycles. The molecule has 0 unspecified atom stereocenters. The highest BCUT2D eigenvalue weighted by Crippen LogP contribution is 2.50. The Labute approximate surface area is 85.2 Å². The Morgan fingerprint density at radius 1 is 1.06 bits per heavy atom. The molecule has 1 aromatic rings. The number of aromatic amines is 1. The standard InChI is InChI=1S/C6H4F7N3.H2/c1-2-14-3(16-15-2)4(7,8)5(9,10)6(11,12)13;/h1H3,(H,14,15,16);1H. The lowest BCUT2D eigenvalue weighted by molar-refractivity contribution is -0.361. The lowest BCUT2D eigenvalue weighted by Crippen LogP contribution is -2.50. The van der Waals surface area contributed by atoms with Crippen molar-refractivity contribution >= 4 is 0 Å². The van der Waals surface area contributed by atoms with Gasteiger partial charge in [-0.1, -0.05) is 0 Å². The maximum atomic E-state index is 12.8. The monoisotopic (exact) mass is 253 g/mol. The zero-order valence-corrected chi connectivity index (χ0v) is 7.54. The summed E-state index contributed by atoms with van der Waals surface area (Å²) in [4.78, 5) is 2.77. The van der Waals surface area contributed by atoms with Crippen molar-refractivity contribution in [1.29, 1.82) is 0 Å². The van der Waals surface area contributed by atoms with E-state index in [1.165, 1.54) is 0 Å². The molecule has 3 nitrogen and oxygen atoms in total. The molecule has 0 bridgehead atoms. The minimum Gasteiger partial charge on any atom is -0.263 e. The number of alkyl halides is 7. The van der Waals surface area contributed by atoms with E-state index in [-0.39, 0.29) is 7.25 Å². The first kappa shape index (κ1) is 12.7. The number of hydrogen-bond acceptors (Lipinski definition) is 2. The van der Waals surface area contributed by atoms with Crippen LogP contribution in [0.15, 0.2) is 0 Å². The quantitative estimate of drug-likeness (QED) is 0.823. The molecule has 1 rings (SSSR count). The number of H-pyrrole nitrogens is 1. The van der Waals surface area contributed by atoms with Crippen LogP contribution in [0, 0.1) is 6.92 Å². The molecule has 0 spiro atoms. The van der Waals surface area contributed by atoms with Gasteiger partial charge >= 0.3 is 18.0 Å². The predicted molar refractivity (Wildman–Crippen MR) is 38.1 cm³/mol. The van der Waals surface area contributed by atoms with Crippen LogP contribution in [0.2, 0.25) is 0 Å². The molecule has 0 amide bonds. The van der Waals surface area contributed by atoms with Gasteiger partial charge in [-0.2, -0.15) is 35.8 Å². The Bertz CT molecular complexity index is 385. The summed E-state index contributed by atoms with van der Waals surface area (Å²) in [6.45, 7) is 1.08. The summed E-state index contributed by atoms with van der Waals surface area (Å²) >= 11 is 0. The summed E-state index contributed by atoms with van der Waals surface area (Å²) in [7, 11) is 0. The first-order valence-corrected chi connectivity index (χ1v) is 3.72. The Morgan fingerprint density at radius 2 is 1.56 bits per heavy atom. The Kier molecular flexibility index (Phi) is 2.64. The van der Waals surface area contributed by atoms with Crippen molar-refractivity contribution in [3.05, 3.63) is 11.6 Å². The summed E-state index contributed by atoms with van der Waals surface area (Å²) in [6.07, 6.45) is -6.38. The second-order valence-corrected chi connectivity index (χ2v) is 2.89. The highest BCUT2D eigenvalue weighted by molar-refractivity contribution is 5.05. The first-order valence-electron chi connectivity index (χ1n) is 3.72. The van der Waals surface area contributed by atoms with E-state index in [4.69, 9.17) is 0 Å². The van der Waals surface area contributed by atoms with Gasteiger partial charge in [0.2, 0.25) is 5.82 Å². The van der Waals surface area contributed by atoms with Gasteiger partial charge in [-0.25, -0.2) is 4.98 Å². The maximum absolute atomic E-state index is 12.8. The highest BCUT2D eigenvalue weighted by atomic mass is 19.4. The minimum absolute atomic E-state index is 0. The molecule has 1 heterocycles. The molecule has 10 heteroatoms. The molecule has 0 radical (unpaired) electrons. The van der Waals surface area contributed by atoms with E-state index in [1.807, 2.05) is 0 Å². The first-order chi connectivity index (χ1) is 7.00. The van der Waals surface area contributed by atoms with Gasteiger partial charge in [0.1, 0.15) is 5.82 Å². The van der Waals surface area contributed by atoms with Crippen LogP contribution in [0.5, 0.6) is 0 Å². The van der Waals surface area contributed by atoms with Crippen LogP contribution in [0.25, 0.3) is 0 Å². The normalized spacial score (nSPS) is 14.2. The second-order valence-electron chi connectivity index (χ2n) is 2.89. The van der Waals surface area contributed by atoms with Crippen molar-refractivity contribution in [1.82, 2.24) is 15.2 Å². The molecule has 16 heavy (non-hydrogen) atoms. The van der Waals surface area contributed by atoms with Crippen LogP contribution in [0.3, 0.4) is 0 Å². The Balaban J connectivity index is 0.00000256. The van der Waals surface area contributed by atoms with Gasteiger partial charge in [-0.05, 0) is 6.92 Å². The zero-order valence-electron chi connectivity index (χ0n) is 7.54. The minimum atomic E-state index is -6.38. The Hall–Kier alpha value is -1.35. The van der Waals surface area contributed by atoms with E-state index in [9.17, 15) is 30.7 Å². The third-order valence-corrected chi connectivity index (χ3v) is 1.63. The number of hydrogen-bond donors (Lipinski definition) is 1. The summed E-state index contributed by atoms with van der Waals surface area (Å²) in [5.41, 5.74) is 0. The predicted octanol–water partition coefficient (Wildman–Crippen LogP) is 2.65. The van der Waals surface area contributed by atoms with Gasteiger partial charge in [-0.15, -0.1) is 0 Å². The molecular formula is C6H6F7N3. The van der Waals surface area contributed by atoms with Crippen LogP contribution in [0.1, 0.15) is 13.1 Å². The number of nitrogens with zero attached hydrogens (tertiary/aromatic N) is 2. The van der Waals surface area contributed by atoms with Gasteiger partial charge < -0.3 is 0 Å². The van der Waals surface area contributed by atoms with E-state index in [2.05, 4.69) is 10.1 Å². The van der Waals surface area contributed by atoms with Gasteiger partial charge in [0, 0.05) is 1.43 Å². The van der Waals surface area contributed by atoms with Crippen molar-refractivity contribution < 1.29 is 32.2 Å². The molecule has 1 N–H and O–H groups in total. The highest BCUT2D eigenvalue weighted by Gasteiger charge is 2.75. The maximum Gasteiger partial charge on any atom is 0.460 e. The topological polar surface area (TPSA) is 41.6 Å². The van der Waals surface area contributed by atoms with Gasteiger partial charge in [0.25, 0.3) is 0 Å². The van der Waals surface area contributed by atoms with Crippen molar-refractivity contribution in [3.63, 3.8) is 0 Å². The molecule has 0 aliphatic carbocycles.